The largest absolute Gasteiger partial charge is 0.345 e. The van der Waals surface area contributed by atoms with Crippen molar-refractivity contribution in [3.63, 3.8) is 0 Å². The minimum atomic E-state index is -3.59. The summed E-state index contributed by atoms with van der Waals surface area (Å²) in [5.41, 5.74) is 2.23. The van der Waals surface area contributed by atoms with Crippen molar-refractivity contribution in [3.8, 4) is 0 Å². The Morgan fingerprint density at radius 2 is 2.00 bits per heavy atom. The monoisotopic (exact) mass is 314 g/mol. The number of rotatable bonds is 4. The normalized spacial score (nSPS) is 17.1. The molecule has 1 amide bonds. The molecule has 0 aromatic carbocycles. The fourth-order valence-corrected chi connectivity index (χ4v) is 4.27. The number of carbonyl (C=O) groups excluding carboxylic acids is 1. The van der Waals surface area contributed by atoms with Gasteiger partial charge in [0.25, 0.3) is 5.91 Å². The molecule has 1 heterocycles. The van der Waals surface area contributed by atoms with Crippen molar-refractivity contribution < 1.29 is 13.2 Å². The van der Waals surface area contributed by atoms with E-state index in [1.807, 2.05) is 5.43 Å². The topological polar surface area (TPSA) is 97.4 Å². The minimum Gasteiger partial charge on any atom is -0.345 e. The molecular formula is C13H22N4O3S. The summed E-state index contributed by atoms with van der Waals surface area (Å²) in [6, 6.07) is 1.40. The fourth-order valence-electron chi connectivity index (χ4n) is 2.78. The minimum absolute atomic E-state index is 0.0377. The molecule has 0 saturated heterocycles. The van der Waals surface area contributed by atoms with Crippen LogP contribution in [-0.2, 0) is 17.1 Å². The molecule has 8 heteroatoms. The summed E-state index contributed by atoms with van der Waals surface area (Å²) in [6.07, 6.45) is 6.49. The van der Waals surface area contributed by atoms with Crippen LogP contribution in [-0.4, -0.2) is 36.3 Å². The Kier molecular flexibility index (Phi) is 4.70. The summed E-state index contributed by atoms with van der Waals surface area (Å²) in [6.45, 7) is 0. The summed E-state index contributed by atoms with van der Waals surface area (Å²) < 4.78 is 28.2. The third-order valence-corrected chi connectivity index (χ3v) is 5.98. The first-order valence-electron chi connectivity index (χ1n) is 7.03. The van der Waals surface area contributed by atoms with Gasteiger partial charge in [0, 0.05) is 26.3 Å². The van der Waals surface area contributed by atoms with Gasteiger partial charge in [-0.25, -0.2) is 14.3 Å². The molecule has 7 nitrogen and oxygen atoms in total. The van der Waals surface area contributed by atoms with Crippen LogP contribution in [0.5, 0.6) is 0 Å². The Morgan fingerprint density at radius 3 is 2.57 bits per heavy atom. The molecule has 1 aliphatic rings. The zero-order valence-corrected chi connectivity index (χ0v) is 13.2. The van der Waals surface area contributed by atoms with Gasteiger partial charge in [-0.1, -0.05) is 19.3 Å². The molecule has 1 fully saturated rings. The molecule has 0 atom stereocenters. The van der Waals surface area contributed by atoms with E-state index < -0.39 is 15.9 Å². The number of hydrogen-bond acceptors (Lipinski definition) is 4. The highest BCUT2D eigenvalue weighted by Crippen LogP contribution is 2.27. The van der Waals surface area contributed by atoms with E-state index in [2.05, 4.69) is 0 Å². The van der Waals surface area contributed by atoms with Crippen molar-refractivity contribution in [2.24, 2.45) is 12.9 Å². The molecular weight excluding hydrogens is 292 g/mol. The first-order chi connectivity index (χ1) is 9.87. The van der Waals surface area contributed by atoms with Crippen molar-refractivity contribution >= 4 is 15.9 Å². The highest BCUT2D eigenvalue weighted by molar-refractivity contribution is 7.89. The molecule has 1 saturated carbocycles. The van der Waals surface area contributed by atoms with Gasteiger partial charge >= 0.3 is 0 Å². The highest BCUT2D eigenvalue weighted by atomic mass is 32.2. The number of nitrogens with one attached hydrogen (secondary N) is 1. The third-order valence-electron chi connectivity index (χ3n) is 4.11. The van der Waals surface area contributed by atoms with Crippen molar-refractivity contribution in [2.45, 2.75) is 43.0 Å². The number of nitrogens with zero attached hydrogens (tertiary/aromatic N) is 2. The Morgan fingerprint density at radius 1 is 1.38 bits per heavy atom. The number of sulfonamides is 1. The lowest BCUT2D eigenvalue weighted by Gasteiger charge is -2.30. The van der Waals surface area contributed by atoms with Crippen molar-refractivity contribution in [2.75, 3.05) is 7.05 Å². The second-order valence-electron chi connectivity index (χ2n) is 5.46. The van der Waals surface area contributed by atoms with E-state index in [4.69, 9.17) is 5.84 Å². The maximum absolute atomic E-state index is 12.7. The maximum atomic E-state index is 12.7. The van der Waals surface area contributed by atoms with Gasteiger partial charge in [0.05, 0.1) is 0 Å². The van der Waals surface area contributed by atoms with E-state index >= 15 is 0 Å². The van der Waals surface area contributed by atoms with Gasteiger partial charge in [0.1, 0.15) is 10.6 Å². The number of carbonyl (C=O) groups is 1. The van der Waals surface area contributed by atoms with E-state index in [9.17, 15) is 13.2 Å². The molecule has 2 rings (SSSR count). The van der Waals surface area contributed by atoms with Gasteiger partial charge in [0.15, 0.2) is 0 Å². The Labute approximate surface area is 125 Å². The van der Waals surface area contributed by atoms with Crippen LogP contribution in [0.1, 0.15) is 42.6 Å². The van der Waals surface area contributed by atoms with Crippen molar-refractivity contribution in [3.05, 3.63) is 18.0 Å². The Bertz CT molecular complexity index is 617. The SMILES string of the molecule is CN(C1CCCCC1)S(=O)(=O)c1cc(C(=O)NN)n(C)c1. The second-order valence-corrected chi connectivity index (χ2v) is 7.46. The van der Waals surface area contributed by atoms with Gasteiger partial charge in [-0.15, -0.1) is 0 Å². The van der Waals surface area contributed by atoms with Crippen LogP contribution in [0.2, 0.25) is 0 Å². The average Bonchev–Trinajstić information content (AvgIpc) is 2.89. The lowest BCUT2D eigenvalue weighted by Crippen LogP contribution is -2.38. The molecule has 0 unspecified atom stereocenters. The molecule has 0 radical (unpaired) electrons. The predicted molar refractivity (Wildman–Crippen MR) is 78.9 cm³/mol. The predicted octanol–water partition coefficient (Wildman–Crippen LogP) is 0.582. The average molecular weight is 314 g/mol. The van der Waals surface area contributed by atoms with Gasteiger partial charge in [0.2, 0.25) is 10.0 Å². The van der Waals surface area contributed by atoms with Crippen LogP contribution >= 0.6 is 0 Å². The summed E-state index contributed by atoms with van der Waals surface area (Å²) in [4.78, 5) is 11.7. The molecule has 0 aliphatic heterocycles. The van der Waals surface area contributed by atoms with E-state index in [1.54, 1.807) is 14.1 Å². The van der Waals surface area contributed by atoms with Crippen LogP contribution in [0.15, 0.2) is 17.2 Å². The number of hydrazine groups is 1. The molecule has 1 aromatic heterocycles. The number of aryl methyl sites for hydroxylation is 1. The summed E-state index contributed by atoms with van der Waals surface area (Å²) in [5, 5.41) is 0. The molecule has 118 valence electrons. The Hall–Kier alpha value is -1.38. The van der Waals surface area contributed by atoms with Crippen molar-refractivity contribution in [1.29, 1.82) is 0 Å². The zero-order valence-electron chi connectivity index (χ0n) is 12.4. The molecule has 21 heavy (non-hydrogen) atoms. The number of nitrogen functional groups attached to an aromatic ring is 1. The number of nitrogens with two attached hydrogens (primary N) is 1. The first kappa shape index (κ1) is 16.0. The molecule has 0 bridgehead atoms. The molecule has 1 aromatic rings. The lowest BCUT2D eigenvalue weighted by atomic mass is 9.96. The zero-order chi connectivity index (χ0) is 15.6. The molecule has 0 spiro atoms. The Balaban J connectivity index is 2.28. The highest BCUT2D eigenvalue weighted by Gasteiger charge is 2.30. The van der Waals surface area contributed by atoms with E-state index in [1.165, 1.54) is 21.1 Å². The molecule has 3 N–H and O–H groups in total. The third kappa shape index (κ3) is 3.12. The smallest absolute Gasteiger partial charge is 0.281 e. The van der Waals surface area contributed by atoms with Gasteiger partial charge in [-0.05, 0) is 18.9 Å². The lowest BCUT2D eigenvalue weighted by molar-refractivity contribution is 0.0945. The van der Waals surface area contributed by atoms with Crippen LogP contribution in [0.3, 0.4) is 0 Å². The standard InChI is InChI=1S/C13H22N4O3S/c1-16-9-11(8-12(16)13(18)15-14)21(19,20)17(2)10-6-4-3-5-7-10/h8-10H,3-7,14H2,1-2H3,(H,15,18). The van der Waals surface area contributed by atoms with E-state index in [0.717, 1.165) is 32.1 Å². The van der Waals surface area contributed by atoms with Gasteiger partial charge in [-0.2, -0.15) is 4.31 Å². The second kappa shape index (κ2) is 6.17. The first-order valence-corrected chi connectivity index (χ1v) is 8.47. The van der Waals surface area contributed by atoms with Crippen LogP contribution < -0.4 is 11.3 Å². The van der Waals surface area contributed by atoms with Gasteiger partial charge in [-0.3, -0.25) is 10.2 Å². The number of aromatic nitrogens is 1. The molecule has 1 aliphatic carbocycles. The van der Waals surface area contributed by atoms with E-state index in [-0.39, 0.29) is 16.6 Å². The quantitative estimate of drug-likeness (QED) is 0.482. The number of amides is 1. The van der Waals surface area contributed by atoms with Crippen molar-refractivity contribution in [1.82, 2.24) is 14.3 Å². The summed E-state index contributed by atoms with van der Waals surface area (Å²) in [7, 11) is -0.363. The fraction of sp³-hybridized carbons (Fsp3) is 0.615. The van der Waals surface area contributed by atoms with Crippen LogP contribution in [0.25, 0.3) is 0 Å². The van der Waals surface area contributed by atoms with E-state index in [0.29, 0.717) is 0 Å². The summed E-state index contributed by atoms with van der Waals surface area (Å²) >= 11 is 0. The van der Waals surface area contributed by atoms with Gasteiger partial charge < -0.3 is 4.57 Å². The summed E-state index contributed by atoms with van der Waals surface area (Å²) in [5.74, 6) is 4.58. The maximum Gasteiger partial charge on any atom is 0.281 e. The van der Waals surface area contributed by atoms with Crippen LogP contribution in [0.4, 0.5) is 0 Å². The number of hydrogen-bond donors (Lipinski definition) is 2. The van der Waals surface area contributed by atoms with Crippen LogP contribution in [0, 0.1) is 0 Å².